The maximum absolute atomic E-state index is 12.8. The highest BCUT2D eigenvalue weighted by molar-refractivity contribution is 5.56. The zero-order chi connectivity index (χ0) is 16.5. The Morgan fingerprint density at radius 1 is 1.38 bits per heavy atom. The van der Waals surface area contributed by atoms with Crippen molar-refractivity contribution in [3.63, 3.8) is 0 Å². The first-order valence-electron chi connectivity index (χ1n) is 7.44. The first-order valence-corrected chi connectivity index (χ1v) is 7.44. The topological polar surface area (TPSA) is 95.6 Å². The lowest BCUT2D eigenvalue weighted by atomic mass is 10.2. The average Bonchev–Trinajstić information content (AvgIpc) is 3.19. The predicted molar refractivity (Wildman–Crippen MR) is 81.3 cm³/mol. The highest BCUT2D eigenvalue weighted by Gasteiger charge is 2.25. The summed E-state index contributed by atoms with van der Waals surface area (Å²) in [6.45, 7) is 1.46. The van der Waals surface area contributed by atoms with Crippen molar-refractivity contribution in [2.75, 3.05) is 11.9 Å². The lowest BCUT2D eigenvalue weighted by molar-refractivity contribution is 0.00877. The summed E-state index contributed by atoms with van der Waals surface area (Å²) >= 11 is 0. The SMILES string of the molecule is Cn1nccc1-c1nnn2c1COC(CNc1ncc(F)cn1)C2. The van der Waals surface area contributed by atoms with Gasteiger partial charge in [0, 0.05) is 19.8 Å². The van der Waals surface area contributed by atoms with Crippen molar-refractivity contribution in [2.24, 2.45) is 7.05 Å². The maximum atomic E-state index is 12.8. The van der Waals surface area contributed by atoms with Crippen LogP contribution in [0.3, 0.4) is 0 Å². The van der Waals surface area contributed by atoms with E-state index in [1.807, 2.05) is 17.8 Å². The van der Waals surface area contributed by atoms with Gasteiger partial charge in [0.2, 0.25) is 5.95 Å². The fourth-order valence-corrected chi connectivity index (χ4v) is 2.60. The van der Waals surface area contributed by atoms with Gasteiger partial charge in [-0.1, -0.05) is 5.21 Å². The van der Waals surface area contributed by atoms with Gasteiger partial charge >= 0.3 is 0 Å². The number of nitrogens with one attached hydrogen (secondary N) is 1. The molecular weight excluding hydrogens is 315 g/mol. The number of halogens is 1. The number of anilines is 1. The molecule has 124 valence electrons. The third-order valence-corrected chi connectivity index (χ3v) is 3.84. The van der Waals surface area contributed by atoms with E-state index in [0.717, 1.165) is 29.5 Å². The maximum Gasteiger partial charge on any atom is 0.222 e. The van der Waals surface area contributed by atoms with E-state index in [2.05, 4.69) is 30.7 Å². The average molecular weight is 330 g/mol. The Hall–Kier alpha value is -2.88. The molecule has 4 heterocycles. The van der Waals surface area contributed by atoms with Gasteiger partial charge in [0.15, 0.2) is 5.82 Å². The number of hydrogen-bond acceptors (Lipinski definition) is 7. The molecule has 0 amide bonds. The molecule has 1 unspecified atom stereocenters. The van der Waals surface area contributed by atoms with Crippen LogP contribution in [0.5, 0.6) is 0 Å². The minimum atomic E-state index is -0.468. The summed E-state index contributed by atoms with van der Waals surface area (Å²) in [4.78, 5) is 7.71. The summed E-state index contributed by atoms with van der Waals surface area (Å²) in [6, 6.07) is 1.89. The number of nitrogens with zero attached hydrogens (tertiary/aromatic N) is 7. The number of aryl methyl sites for hydroxylation is 1. The molecule has 3 aromatic rings. The molecule has 4 rings (SSSR count). The van der Waals surface area contributed by atoms with E-state index in [0.29, 0.717) is 25.6 Å². The Kier molecular flexibility index (Phi) is 3.65. The first-order chi connectivity index (χ1) is 11.7. The van der Waals surface area contributed by atoms with Gasteiger partial charge in [-0.25, -0.2) is 19.0 Å². The van der Waals surface area contributed by atoms with E-state index in [9.17, 15) is 4.39 Å². The van der Waals surface area contributed by atoms with Crippen molar-refractivity contribution in [2.45, 2.75) is 19.3 Å². The standard InChI is InChI=1S/C14H15FN8O/c1-22-11(2-3-19-22)13-12-8-24-10(7-23(12)21-20-13)6-18-14-16-4-9(15)5-17-14/h2-5,10H,6-8H2,1H3,(H,16,17,18). The molecule has 0 saturated heterocycles. The summed E-state index contributed by atoms with van der Waals surface area (Å²) in [6.07, 6.45) is 3.85. The van der Waals surface area contributed by atoms with E-state index < -0.39 is 5.82 Å². The molecule has 0 spiro atoms. The molecule has 0 aromatic carbocycles. The Balaban J connectivity index is 1.44. The fourth-order valence-electron chi connectivity index (χ4n) is 2.60. The van der Waals surface area contributed by atoms with Gasteiger partial charge in [-0.2, -0.15) is 5.10 Å². The number of hydrogen-bond donors (Lipinski definition) is 1. The molecule has 0 fully saturated rings. The highest BCUT2D eigenvalue weighted by Crippen LogP contribution is 2.24. The molecule has 24 heavy (non-hydrogen) atoms. The Bertz CT molecular complexity index is 843. The van der Waals surface area contributed by atoms with Crippen LogP contribution < -0.4 is 5.32 Å². The van der Waals surface area contributed by atoms with Crippen molar-refractivity contribution in [3.05, 3.63) is 36.2 Å². The van der Waals surface area contributed by atoms with Gasteiger partial charge in [0.1, 0.15) is 5.69 Å². The van der Waals surface area contributed by atoms with Crippen LogP contribution in [-0.4, -0.2) is 47.4 Å². The third-order valence-electron chi connectivity index (χ3n) is 3.84. The number of aromatic nitrogens is 7. The van der Waals surface area contributed by atoms with Crippen molar-refractivity contribution in [1.29, 1.82) is 0 Å². The number of fused-ring (bicyclic) bond motifs is 1. The minimum Gasteiger partial charge on any atom is -0.368 e. The Morgan fingerprint density at radius 3 is 2.96 bits per heavy atom. The number of rotatable bonds is 4. The number of ether oxygens (including phenoxy) is 1. The van der Waals surface area contributed by atoms with E-state index >= 15 is 0 Å². The summed E-state index contributed by atoms with van der Waals surface area (Å²) in [5.41, 5.74) is 2.60. The smallest absolute Gasteiger partial charge is 0.222 e. The van der Waals surface area contributed by atoms with E-state index in [4.69, 9.17) is 4.74 Å². The molecule has 10 heteroatoms. The lowest BCUT2D eigenvalue weighted by Gasteiger charge is -2.24. The monoisotopic (exact) mass is 330 g/mol. The molecule has 0 radical (unpaired) electrons. The van der Waals surface area contributed by atoms with Crippen LogP contribution in [0.4, 0.5) is 10.3 Å². The first kappa shape index (κ1) is 14.7. The zero-order valence-corrected chi connectivity index (χ0v) is 12.9. The Morgan fingerprint density at radius 2 is 2.21 bits per heavy atom. The summed E-state index contributed by atoms with van der Waals surface area (Å²) in [5.74, 6) is -0.107. The third kappa shape index (κ3) is 2.71. The summed E-state index contributed by atoms with van der Waals surface area (Å²) < 4.78 is 22.2. The van der Waals surface area contributed by atoms with Crippen molar-refractivity contribution < 1.29 is 9.13 Å². The molecule has 9 nitrogen and oxygen atoms in total. The van der Waals surface area contributed by atoms with Gasteiger partial charge in [-0.15, -0.1) is 5.10 Å². The van der Waals surface area contributed by atoms with Crippen LogP contribution in [-0.2, 0) is 24.9 Å². The minimum absolute atomic E-state index is 0.104. The molecule has 1 aliphatic heterocycles. The highest BCUT2D eigenvalue weighted by atomic mass is 19.1. The normalized spacial score (nSPS) is 16.8. The largest absolute Gasteiger partial charge is 0.368 e. The van der Waals surface area contributed by atoms with Crippen LogP contribution in [0.15, 0.2) is 24.7 Å². The van der Waals surface area contributed by atoms with Gasteiger partial charge in [-0.05, 0) is 6.07 Å². The van der Waals surface area contributed by atoms with Crippen molar-refractivity contribution in [3.8, 4) is 11.4 Å². The summed E-state index contributed by atoms with van der Waals surface area (Å²) in [7, 11) is 1.86. The molecular formula is C14H15FN8O. The quantitative estimate of drug-likeness (QED) is 0.749. The van der Waals surface area contributed by atoms with Crippen LogP contribution in [0.2, 0.25) is 0 Å². The van der Waals surface area contributed by atoms with Crippen LogP contribution in [0, 0.1) is 5.82 Å². The second-order valence-electron chi connectivity index (χ2n) is 5.45. The van der Waals surface area contributed by atoms with Gasteiger partial charge in [0.25, 0.3) is 0 Å². The van der Waals surface area contributed by atoms with Gasteiger partial charge < -0.3 is 10.1 Å². The van der Waals surface area contributed by atoms with Crippen LogP contribution in [0.25, 0.3) is 11.4 Å². The second kappa shape index (κ2) is 5.96. The molecule has 1 aliphatic rings. The molecule has 3 aromatic heterocycles. The fraction of sp³-hybridized carbons (Fsp3) is 0.357. The van der Waals surface area contributed by atoms with Gasteiger partial charge in [0.05, 0.1) is 43.0 Å². The molecule has 1 N–H and O–H groups in total. The lowest BCUT2D eigenvalue weighted by Crippen LogP contribution is -2.33. The molecule has 0 aliphatic carbocycles. The molecule has 1 atom stereocenters. The van der Waals surface area contributed by atoms with Crippen LogP contribution in [0.1, 0.15) is 5.69 Å². The zero-order valence-electron chi connectivity index (χ0n) is 12.9. The van der Waals surface area contributed by atoms with E-state index in [1.54, 1.807) is 10.9 Å². The van der Waals surface area contributed by atoms with Gasteiger partial charge in [-0.3, -0.25) is 4.68 Å². The molecule has 0 saturated carbocycles. The summed E-state index contributed by atoms with van der Waals surface area (Å²) in [5, 5.41) is 15.6. The van der Waals surface area contributed by atoms with E-state index in [-0.39, 0.29) is 6.10 Å². The van der Waals surface area contributed by atoms with Crippen LogP contribution >= 0.6 is 0 Å². The molecule has 0 bridgehead atoms. The van der Waals surface area contributed by atoms with Crippen molar-refractivity contribution >= 4 is 5.95 Å². The predicted octanol–water partition coefficient (Wildman–Crippen LogP) is 0.619. The van der Waals surface area contributed by atoms with E-state index in [1.165, 1.54) is 0 Å². The Labute approximate surface area is 136 Å². The second-order valence-corrected chi connectivity index (χ2v) is 5.45. The van der Waals surface area contributed by atoms with Crippen molar-refractivity contribution in [1.82, 2.24) is 34.7 Å².